The van der Waals surface area contributed by atoms with Crippen LogP contribution in [0.1, 0.15) is 121 Å². The van der Waals surface area contributed by atoms with E-state index in [2.05, 4.69) is 23.7 Å². The summed E-state index contributed by atoms with van der Waals surface area (Å²) in [7, 11) is 0. The highest BCUT2D eigenvalue weighted by atomic mass is 16.5. The Morgan fingerprint density at radius 3 is 2.06 bits per heavy atom. The van der Waals surface area contributed by atoms with E-state index in [9.17, 15) is 19.8 Å². The van der Waals surface area contributed by atoms with Crippen LogP contribution in [0.3, 0.4) is 0 Å². The molecule has 192 valence electrons. The second-order valence-corrected chi connectivity index (χ2v) is 9.47. The first-order valence-corrected chi connectivity index (χ1v) is 13.4. The van der Waals surface area contributed by atoms with E-state index in [-0.39, 0.29) is 18.6 Å². The molecule has 0 saturated carbocycles. The zero-order valence-corrected chi connectivity index (χ0v) is 20.9. The molecule has 0 radical (unpaired) electrons. The van der Waals surface area contributed by atoms with Crippen LogP contribution in [0, 0.1) is 11.8 Å². The Balaban J connectivity index is 1.60. The number of aromatic nitrogens is 2. The maximum Gasteiger partial charge on any atom is 0.330 e. The Morgan fingerprint density at radius 2 is 1.53 bits per heavy atom. The Labute approximate surface area is 203 Å². The SMILES string of the molecule is CCCCCCCCCCCCCCCCC#Cc1cn([C@H]2C[C@H](O)[C@@H](CO)O2)c(=O)[nH]c1=O. The Kier molecular flexibility index (Phi) is 13.9. The van der Waals surface area contributed by atoms with Crippen molar-refractivity contribution in [3.05, 3.63) is 32.6 Å². The van der Waals surface area contributed by atoms with Crippen LogP contribution in [0.4, 0.5) is 0 Å². The van der Waals surface area contributed by atoms with Gasteiger partial charge in [0.05, 0.1) is 12.7 Å². The van der Waals surface area contributed by atoms with Crippen LogP contribution in [-0.2, 0) is 4.74 Å². The number of nitrogens with one attached hydrogen (secondary N) is 1. The van der Waals surface area contributed by atoms with Crippen molar-refractivity contribution in [3.63, 3.8) is 0 Å². The summed E-state index contributed by atoms with van der Waals surface area (Å²) in [6.45, 7) is 1.93. The summed E-state index contributed by atoms with van der Waals surface area (Å²) in [5.41, 5.74) is -0.930. The summed E-state index contributed by atoms with van der Waals surface area (Å²) < 4.78 is 6.75. The third kappa shape index (κ3) is 10.2. The normalized spacial score (nSPS) is 19.8. The number of aliphatic hydroxyl groups excluding tert-OH is 2. The van der Waals surface area contributed by atoms with Gasteiger partial charge >= 0.3 is 5.69 Å². The van der Waals surface area contributed by atoms with Gasteiger partial charge in [0.25, 0.3) is 5.56 Å². The molecule has 0 amide bonds. The molecule has 3 N–H and O–H groups in total. The van der Waals surface area contributed by atoms with Crippen molar-refractivity contribution in [2.24, 2.45) is 0 Å². The van der Waals surface area contributed by atoms with Crippen LogP contribution in [0.25, 0.3) is 0 Å². The number of aromatic amines is 1. The van der Waals surface area contributed by atoms with Gasteiger partial charge in [-0.25, -0.2) is 4.79 Å². The molecule has 0 aromatic carbocycles. The number of ether oxygens (including phenoxy) is 1. The smallest absolute Gasteiger partial charge is 0.330 e. The highest BCUT2D eigenvalue weighted by Crippen LogP contribution is 2.27. The van der Waals surface area contributed by atoms with Gasteiger partial charge < -0.3 is 14.9 Å². The predicted octanol–water partition coefficient (Wildman–Crippen LogP) is 4.40. The van der Waals surface area contributed by atoms with Crippen LogP contribution in [0.15, 0.2) is 15.8 Å². The summed E-state index contributed by atoms with van der Waals surface area (Å²) in [6.07, 6.45) is 18.3. The molecule has 1 fully saturated rings. The van der Waals surface area contributed by atoms with Crippen LogP contribution < -0.4 is 11.2 Å². The molecule has 0 unspecified atom stereocenters. The molecule has 2 rings (SSSR count). The van der Waals surface area contributed by atoms with Crippen LogP contribution in [-0.4, -0.2) is 38.6 Å². The molecule has 0 spiro atoms. The number of rotatable bonds is 16. The van der Waals surface area contributed by atoms with E-state index >= 15 is 0 Å². The van der Waals surface area contributed by atoms with Crippen molar-refractivity contribution in [2.75, 3.05) is 6.61 Å². The minimum absolute atomic E-state index is 0.170. The van der Waals surface area contributed by atoms with Crippen molar-refractivity contribution < 1.29 is 14.9 Å². The molecular weight excluding hydrogens is 432 g/mol. The summed E-state index contributed by atoms with van der Waals surface area (Å²) in [6, 6.07) is 0. The molecule has 7 nitrogen and oxygen atoms in total. The van der Waals surface area contributed by atoms with E-state index < -0.39 is 29.7 Å². The van der Waals surface area contributed by atoms with Gasteiger partial charge in [0.2, 0.25) is 0 Å². The fraction of sp³-hybridized carbons (Fsp3) is 0.778. The monoisotopic (exact) mass is 476 g/mol. The zero-order chi connectivity index (χ0) is 24.6. The molecular formula is C27H44N2O5. The fourth-order valence-corrected chi connectivity index (χ4v) is 4.40. The molecule has 1 aromatic heterocycles. The third-order valence-corrected chi connectivity index (χ3v) is 6.54. The number of hydrogen-bond acceptors (Lipinski definition) is 5. The standard InChI is InChI=1S/C27H44N2O5/c1-2-3-4-5-6-7-8-9-10-11-12-13-14-15-16-17-18-22-20-29(27(33)28-26(22)32)25-19-23(31)24(21-30)34-25/h20,23-25,30-31H,2-16,19,21H2,1H3,(H,28,32,33)/t23-,24+,25+/m0/s1. The second kappa shape index (κ2) is 16.7. The Bertz CT molecular complexity index is 866. The van der Waals surface area contributed by atoms with Crippen LogP contribution in [0.2, 0.25) is 0 Å². The summed E-state index contributed by atoms with van der Waals surface area (Å²) in [5.74, 6) is 5.90. The van der Waals surface area contributed by atoms with Gasteiger partial charge in [-0.1, -0.05) is 102 Å². The molecule has 7 heteroatoms. The number of unbranched alkanes of at least 4 members (excludes halogenated alkanes) is 14. The third-order valence-electron chi connectivity index (χ3n) is 6.54. The van der Waals surface area contributed by atoms with Gasteiger partial charge in [0.15, 0.2) is 0 Å². The topological polar surface area (TPSA) is 105 Å². The lowest BCUT2D eigenvalue weighted by Crippen LogP contribution is -2.33. The largest absolute Gasteiger partial charge is 0.394 e. The molecule has 1 aromatic rings. The van der Waals surface area contributed by atoms with Crippen molar-refractivity contribution in [3.8, 4) is 11.8 Å². The average molecular weight is 477 g/mol. The molecule has 1 saturated heterocycles. The van der Waals surface area contributed by atoms with E-state index in [1.807, 2.05) is 0 Å². The minimum atomic E-state index is -0.858. The molecule has 2 heterocycles. The van der Waals surface area contributed by atoms with E-state index in [0.29, 0.717) is 6.42 Å². The van der Waals surface area contributed by atoms with E-state index in [4.69, 9.17) is 4.74 Å². The zero-order valence-electron chi connectivity index (χ0n) is 20.9. The van der Waals surface area contributed by atoms with Crippen molar-refractivity contribution in [1.29, 1.82) is 0 Å². The Hall–Kier alpha value is -1.88. The molecule has 3 atom stereocenters. The van der Waals surface area contributed by atoms with Gasteiger partial charge in [0, 0.05) is 19.0 Å². The minimum Gasteiger partial charge on any atom is -0.394 e. The van der Waals surface area contributed by atoms with Crippen molar-refractivity contribution in [1.82, 2.24) is 9.55 Å². The Morgan fingerprint density at radius 1 is 0.971 bits per heavy atom. The number of nitrogens with zero attached hydrogens (tertiary/aromatic N) is 1. The maximum absolute atomic E-state index is 12.1. The summed E-state index contributed by atoms with van der Waals surface area (Å²) in [5, 5.41) is 19.1. The second-order valence-electron chi connectivity index (χ2n) is 9.47. The van der Waals surface area contributed by atoms with E-state index in [0.717, 1.165) is 12.8 Å². The highest BCUT2D eigenvalue weighted by Gasteiger charge is 2.35. The first kappa shape index (κ1) is 28.4. The van der Waals surface area contributed by atoms with Gasteiger partial charge in [-0.3, -0.25) is 14.3 Å². The molecule has 0 bridgehead atoms. The number of H-pyrrole nitrogens is 1. The molecule has 0 aliphatic carbocycles. The van der Waals surface area contributed by atoms with Gasteiger partial charge in [-0.15, -0.1) is 0 Å². The quantitative estimate of drug-likeness (QED) is 0.242. The molecule has 1 aliphatic rings. The van der Waals surface area contributed by atoms with Crippen LogP contribution in [0.5, 0.6) is 0 Å². The van der Waals surface area contributed by atoms with E-state index in [1.54, 1.807) is 0 Å². The predicted molar refractivity (Wildman–Crippen MR) is 135 cm³/mol. The van der Waals surface area contributed by atoms with Gasteiger partial charge in [-0.2, -0.15) is 0 Å². The molecule has 1 aliphatic heterocycles. The number of hydrogen-bond donors (Lipinski definition) is 3. The van der Waals surface area contributed by atoms with E-state index in [1.165, 1.54) is 87.8 Å². The first-order chi connectivity index (χ1) is 16.6. The lowest BCUT2D eigenvalue weighted by atomic mass is 10.0. The summed E-state index contributed by atoms with van der Waals surface area (Å²) >= 11 is 0. The van der Waals surface area contributed by atoms with Crippen molar-refractivity contribution in [2.45, 2.75) is 128 Å². The lowest BCUT2D eigenvalue weighted by molar-refractivity contribution is -0.0459. The number of aliphatic hydroxyl groups is 2. The lowest BCUT2D eigenvalue weighted by Gasteiger charge is -2.14. The van der Waals surface area contributed by atoms with Crippen molar-refractivity contribution >= 4 is 0 Å². The van der Waals surface area contributed by atoms with Gasteiger partial charge in [-0.05, 0) is 6.42 Å². The first-order valence-electron chi connectivity index (χ1n) is 13.4. The van der Waals surface area contributed by atoms with Gasteiger partial charge in [0.1, 0.15) is 17.9 Å². The highest BCUT2D eigenvalue weighted by molar-refractivity contribution is 5.29. The molecule has 34 heavy (non-hydrogen) atoms. The fourth-order valence-electron chi connectivity index (χ4n) is 4.40. The summed E-state index contributed by atoms with van der Waals surface area (Å²) in [4.78, 5) is 26.5. The maximum atomic E-state index is 12.1. The average Bonchev–Trinajstić information content (AvgIpc) is 3.20. The van der Waals surface area contributed by atoms with Crippen LogP contribution >= 0.6 is 0 Å².